The van der Waals surface area contributed by atoms with Crippen LogP contribution in [-0.4, -0.2) is 11.0 Å². The van der Waals surface area contributed by atoms with E-state index in [4.69, 9.17) is 0 Å². The fourth-order valence-corrected chi connectivity index (χ4v) is 11.6. The molecular weight excluding hydrogens is 1130 g/mol. The van der Waals surface area contributed by atoms with Gasteiger partial charge in [0.2, 0.25) is 0 Å². The quantitative estimate of drug-likeness (QED) is 0.120. The molecule has 300 valence electrons. The van der Waals surface area contributed by atoms with Crippen molar-refractivity contribution in [2.24, 2.45) is 0 Å². The molecule has 0 N–H and O–H groups in total. The molecule has 0 saturated heterocycles. The molecule has 0 radical (unpaired) electrons. The van der Waals surface area contributed by atoms with E-state index >= 15 is 0 Å². The molecule has 0 aliphatic rings. The van der Waals surface area contributed by atoms with Gasteiger partial charge in [0.25, 0.3) is 0 Å². The molecule has 0 spiro atoms. The first-order valence-electron chi connectivity index (χ1n) is 19.7. The van der Waals surface area contributed by atoms with Gasteiger partial charge in [-0.3, -0.25) is 0 Å². The van der Waals surface area contributed by atoms with Gasteiger partial charge in [-0.1, -0.05) is 52.0 Å². The van der Waals surface area contributed by atoms with E-state index < -0.39 is 0 Å². The van der Waals surface area contributed by atoms with E-state index in [2.05, 4.69) is 247 Å². The van der Waals surface area contributed by atoms with Crippen molar-refractivity contribution < 1.29 is 46.0 Å². The number of hydrogen-bond acceptors (Lipinski definition) is 0. The summed E-state index contributed by atoms with van der Waals surface area (Å²) >= 11 is 2.72. The Kier molecular flexibility index (Phi) is 22.7. The van der Waals surface area contributed by atoms with E-state index in [1.165, 1.54) is 111 Å². The zero-order chi connectivity index (χ0) is 41.3. The molecule has 10 aromatic rings. The summed E-state index contributed by atoms with van der Waals surface area (Å²) < 4.78 is 0. The van der Waals surface area contributed by atoms with Crippen molar-refractivity contribution in [1.82, 2.24) is 0 Å². The third kappa shape index (κ3) is 16.8. The smallest absolute Gasteiger partial charge is 0.0579 e. The van der Waals surface area contributed by atoms with Crippen molar-refractivity contribution >= 4 is 89.3 Å². The summed E-state index contributed by atoms with van der Waals surface area (Å²) in [7, 11) is 0. The summed E-state index contributed by atoms with van der Waals surface area (Å²) in [6.45, 7) is 13.2. The molecule has 10 rings (SSSR count). The number of aryl methyl sites for hydroxylation is 4. The molecule has 0 nitrogen and oxygen atoms in total. The number of fused-ring (bicyclic) bond motifs is 4. The first-order chi connectivity index (χ1) is 28.0. The molecule has 0 heterocycles. The van der Waals surface area contributed by atoms with Crippen LogP contribution in [0.3, 0.4) is 0 Å². The van der Waals surface area contributed by atoms with Gasteiger partial charge >= 0.3 is 141 Å². The zero-order valence-corrected chi connectivity index (χ0v) is 46.3. The van der Waals surface area contributed by atoms with Crippen LogP contribution in [0.4, 0.5) is 0 Å². The van der Waals surface area contributed by atoms with Crippen LogP contribution in [0.1, 0.15) is 22.3 Å². The summed E-state index contributed by atoms with van der Waals surface area (Å²) in [5.74, 6) is 0. The van der Waals surface area contributed by atoms with E-state index in [0.717, 1.165) is 0 Å². The average molecular weight is 1190 g/mol. The number of benzene rings is 6. The fraction of sp³-hybridized carbons (Fsp3) is 0.111. The molecule has 0 saturated carbocycles. The van der Waals surface area contributed by atoms with Crippen LogP contribution in [0.25, 0.3) is 43.1 Å². The van der Waals surface area contributed by atoms with Crippen LogP contribution < -0.4 is 10.4 Å². The van der Waals surface area contributed by atoms with Crippen molar-refractivity contribution in [3.05, 3.63) is 229 Å². The van der Waals surface area contributed by atoms with Crippen molar-refractivity contribution in [2.75, 3.05) is 0 Å². The Labute approximate surface area is 400 Å². The van der Waals surface area contributed by atoms with Crippen molar-refractivity contribution in [3.8, 4) is 0 Å². The first-order valence-corrected chi connectivity index (χ1v) is 34.5. The Morgan fingerprint density at radius 1 is 0.317 bits per heavy atom. The van der Waals surface area contributed by atoms with Crippen molar-refractivity contribution in [2.45, 2.75) is 40.8 Å². The Morgan fingerprint density at radius 3 is 0.700 bits per heavy atom. The molecule has 10 aromatic carbocycles. The van der Waals surface area contributed by atoms with Gasteiger partial charge in [-0.25, -0.2) is 0 Å². The molecule has 0 unspecified atom stereocenters. The fourth-order valence-electron chi connectivity index (χ4n) is 6.60. The minimum absolute atomic E-state index is 0. The summed E-state index contributed by atoms with van der Waals surface area (Å²) in [6, 6.07) is 72.9. The molecule has 0 aliphatic carbocycles. The minimum atomic E-state index is -0.0733. The van der Waals surface area contributed by atoms with Gasteiger partial charge in [-0.15, -0.1) is 187 Å². The Morgan fingerprint density at radius 2 is 0.517 bits per heavy atom. The van der Waals surface area contributed by atoms with Gasteiger partial charge in [0.1, 0.15) is 0 Å². The summed E-state index contributed by atoms with van der Waals surface area (Å²) in [5, 5.41) is 13.9. The zero-order valence-electron chi connectivity index (χ0n) is 35.4. The normalized spacial score (nSPS) is 9.77. The maximum Gasteiger partial charge on any atom is -0.0579 e. The molecule has 60 heavy (non-hydrogen) atoms. The Bertz CT molecular complexity index is 2320. The Balaban J connectivity index is 0.000000191. The summed E-state index contributed by atoms with van der Waals surface area (Å²) in [4.78, 5) is 0. The third-order valence-electron chi connectivity index (χ3n) is 9.46. The second kappa shape index (κ2) is 26.8. The maximum atomic E-state index is 2.37. The standard InChI is InChI=1S/4C10H9.2C7H8Si.2ClH.2Hf/c4*1-8-6-9-4-2-3-5-10(9)7-8;2*1-8-7-5-3-2-4-6-7;;;;/h4*2-7H,1H3;2*2-6H,1H3;2*1H;;/q4*-1;;;;;2*+2. The first kappa shape index (κ1) is 50.9. The number of rotatable bonds is 2. The molecule has 0 bridgehead atoms. The molecule has 6 heteroatoms. The number of hydrogen-bond donors (Lipinski definition) is 0. The topological polar surface area (TPSA) is 0 Å². The molecule has 0 atom stereocenters. The monoisotopic (exact) mass is 1190 g/mol. The van der Waals surface area contributed by atoms with Crippen LogP contribution in [-0.2, 0) is 46.0 Å². The van der Waals surface area contributed by atoms with Gasteiger partial charge in [-0.2, -0.15) is 24.3 Å². The molecule has 0 aromatic heterocycles. The van der Waals surface area contributed by atoms with E-state index in [1.807, 2.05) is 0 Å². The van der Waals surface area contributed by atoms with Crippen molar-refractivity contribution in [1.29, 1.82) is 0 Å². The van der Waals surface area contributed by atoms with Gasteiger partial charge < -0.3 is 0 Å². The second-order valence-electron chi connectivity index (χ2n) is 14.6. The van der Waals surface area contributed by atoms with Crippen LogP contribution in [0.5, 0.6) is 0 Å². The Hall–Kier alpha value is -3.49. The van der Waals surface area contributed by atoms with Gasteiger partial charge in [-0.05, 0) is 0 Å². The van der Waals surface area contributed by atoms with Crippen LogP contribution in [0.2, 0.25) is 13.1 Å². The van der Waals surface area contributed by atoms with Gasteiger partial charge in [0, 0.05) is 0 Å². The molecule has 0 amide bonds. The van der Waals surface area contributed by atoms with E-state index in [1.54, 1.807) is 10.4 Å². The average Bonchev–Trinajstić information content (AvgIpc) is 4.02. The van der Waals surface area contributed by atoms with E-state index in [9.17, 15) is 0 Å². The van der Waals surface area contributed by atoms with Crippen LogP contribution >= 0.6 is 24.8 Å². The second-order valence-corrected chi connectivity index (χ2v) is 34.5. The molecule has 0 fully saturated rings. The third-order valence-corrected chi connectivity index (χ3v) is 18.1. The summed E-state index contributed by atoms with van der Waals surface area (Å²) in [6.07, 6.45) is 0. The molecule has 0 aliphatic heterocycles. The maximum absolute atomic E-state index is 2.37. The van der Waals surface area contributed by atoms with E-state index in [0.29, 0.717) is 0 Å². The predicted molar refractivity (Wildman–Crippen MR) is 267 cm³/mol. The van der Waals surface area contributed by atoms with Crippen LogP contribution in [0, 0.1) is 27.7 Å². The molecular formula is C54H54Cl2Hf2Si2. The SMILES string of the molecule is C[Si](=[Hf+2])c1ccccc1.C[Si](=[Hf+2])c1ccccc1.Cc1cc2ccccc2[cH-]1.Cc1cc2ccccc2[cH-]1.Cc1cc2ccccc2[cH-]1.Cc1cc2ccccc2[cH-]1.Cl.Cl. The summed E-state index contributed by atoms with van der Waals surface area (Å²) in [5.41, 5.74) is 5.25. The van der Waals surface area contributed by atoms with Crippen LogP contribution in [0.15, 0.2) is 206 Å². The number of halogens is 2. The van der Waals surface area contributed by atoms with Gasteiger partial charge in [0.05, 0.1) is 0 Å². The largest absolute Gasteiger partial charge is 0.165 e. The van der Waals surface area contributed by atoms with Crippen molar-refractivity contribution in [3.63, 3.8) is 0 Å². The van der Waals surface area contributed by atoms with E-state index in [-0.39, 0.29) is 35.8 Å². The predicted octanol–water partition coefficient (Wildman–Crippen LogP) is 14.4. The minimum Gasteiger partial charge on any atom is -0.165 e. The van der Waals surface area contributed by atoms with Gasteiger partial charge in [0.15, 0.2) is 0 Å².